The molecule has 0 unspecified atom stereocenters. The summed E-state index contributed by atoms with van der Waals surface area (Å²) >= 11 is 0. The zero-order valence-electron chi connectivity index (χ0n) is 54.4. The fourth-order valence-corrected chi connectivity index (χ4v) is 10.1. The van der Waals surface area contributed by atoms with Gasteiger partial charge in [-0.2, -0.15) is 39.2 Å². The van der Waals surface area contributed by atoms with Crippen molar-refractivity contribution in [3.63, 3.8) is 0 Å². The first-order valence-electron chi connectivity index (χ1n) is 31.3. The Kier molecular flexibility index (Phi) is 25.0. The molecule has 484 valence electrons. The Hall–Kier alpha value is -9.16. The van der Waals surface area contributed by atoms with E-state index in [1.54, 1.807) is 21.2 Å². The number of nitrogen functional groups attached to an aromatic ring is 1. The van der Waals surface area contributed by atoms with Crippen LogP contribution in [-0.4, -0.2) is 170 Å². The fraction of sp³-hybridized carbons (Fsp3) is 0.412. The average Bonchev–Trinajstić information content (AvgIpc) is 1.83. The molecule has 0 bridgehead atoms. The van der Waals surface area contributed by atoms with Crippen molar-refractivity contribution >= 4 is 57.8 Å². The number of rotatable bonds is 25. The molecule has 6 heterocycles. The van der Waals surface area contributed by atoms with E-state index in [4.69, 9.17) is 40.2 Å². The summed E-state index contributed by atoms with van der Waals surface area (Å²) in [5.74, 6) is 0.737. The summed E-state index contributed by atoms with van der Waals surface area (Å²) < 4.78 is 16.1. The van der Waals surface area contributed by atoms with Crippen LogP contribution in [0.5, 0.6) is 12.0 Å². The van der Waals surface area contributed by atoms with Gasteiger partial charge >= 0.3 is 18.0 Å². The van der Waals surface area contributed by atoms with Gasteiger partial charge in [-0.1, -0.05) is 101 Å². The first-order valence-corrected chi connectivity index (χ1v) is 31.3. The standard InChI is InChI=1S/C34H45N9O2.C28H36N8O.C6H11NO2/c1-24(2)29-23-37-43-32(29)39-34(45-28-16-19-42(5)20-17-28)40-33(43)36-22-26-9-6-7-10-30(26)35-21-25-12-14-27(15-13-25)38-31(44)11-8-18-41(3)4;1-19(2)24-18-32-36-26(24)33-28(37-23-12-14-35(3)15-13-23)34-27(36)31-17-21-6-4-5-7-25(21)30-16-20-8-10-22(29)11-9-20;1-7(2)5-3-4-6(8)9/h6-15,23-24,28,35H,16-22H2,1-5H3,(H,38,44)(H,36,39,40);4-11,18-19,23,30H,12-17,29H2,1-3H3,(H,31,33,34);3-4H,5H2,1-2H3,(H,8,9)/b11-8+;;4-3+. The second-order valence-corrected chi connectivity index (χ2v) is 24.2. The smallest absolute Gasteiger partial charge is 0.328 e. The van der Waals surface area contributed by atoms with Gasteiger partial charge in [0.25, 0.3) is 0 Å². The monoisotopic (exact) mass is 1240 g/mol. The van der Waals surface area contributed by atoms with Crippen molar-refractivity contribution in [2.24, 2.45) is 0 Å². The first-order chi connectivity index (χ1) is 43.8. The zero-order valence-corrected chi connectivity index (χ0v) is 54.4. The number of nitrogens with one attached hydrogen (secondary N) is 5. The highest BCUT2D eigenvalue weighted by Crippen LogP contribution is 2.28. The summed E-state index contributed by atoms with van der Waals surface area (Å²) in [6.07, 6.45) is 14.0. The van der Waals surface area contributed by atoms with Crippen molar-refractivity contribution in [3.05, 3.63) is 167 Å². The van der Waals surface area contributed by atoms with E-state index in [9.17, 15) is 9.59 Å². The number of nitrogens with two attached hydrogens (primary N) is 1. The number of nitrogens with zero attached hydrogens (tertiary/aromatic N) is 12. The van der Waals surface area contributed by atoms with Crippen LogP contribution in [0, 0.1) is 0 Å². The number of aromatic nitrogens is 8. The molecule has 23 heteroatoms. The lowest BCUT2D eigenvalue weighted by Gasteiger charge is -2.28. The molecular formula is C68H92N18O5. The highest BCUT2D eigenvalue weighted by atomic mass is 16.5. The summed E-state index contributed by atoms with van der Waals surface area (Å²) in [6.45, 7) is 16.4. The second-order valence-electron chi connectivity index (χ2n) is 24.2. The lowest BCUT2D eigenvalue weighted by Crippen LogP contribution is -2.36. The van der Waals surface area contributed by atoms with Gasteiger partial charge in [0.1, 0.15) is 12.2 Å². The largest absolute Gasteiger partial charge is 0.478 e. The molecule has 2 fully saturated rings. The molecule has 0 spiro atoms. The Bertz CT molecular complexity index is 3640. The molecular weight excluding hydrogens is 1150 g/mol. The highest BCUT2D eigenvalue weighted by molar-refractivity contribution is 5.99. The number of carboxylic acids is 1. The number of likely N-dealkylation sites (tertiary alicyclic amines) is 2. The number of aliphatic carboxylic acids is 1. The van der Waals surface area contributed by atoms with E-state index in [0.29, 0.717) is 56.6 Å². The number of carbonyl (C=O) groups is 2. The number of amides is 1. The third kappa shape index (κ3) is 21.0. The number of benzene rings is 4. The molecule has 8 N–H and O–H groups in total. The first kappa shape index (κ1) is 67.8. The second kappa shape index (κ2) is 33.6. The Morgan fingerprint density at radius 1 is 0.582 bits per heavy atom. The summed E-state index contributed by atoms with van der Waals surface area (Å²) in [4.78, 5) is 49.6. The molecule has 1 amide bonds. The van der Waals surface area contributed by atoms with Gasteiger partial charge in [-0.3, -0.25) is 4.79 Å². The van der Waals surface area contributed by atoms with Crippen molar-refractivity contribution in [3.8, 4) is 12.0 Å². The number of hydrogen-bond acceptors (Lipinski definition) is 19. The molecule has 4 aromatic heterocycles. The van der Waals surface area contributed by atoms with Gasteiger partial charge in [0.2, 0.25) is 17.8 Å². The number of hydrogen-bond donors (Lipinski definition) is 7. The molecule has 0 radical (unpaired) electrons. The number of carbonyl (C=O) groups excluding carboxylic acids is 1. The van der Waals surface area contributed by atoms with Crippen LogP contribution in [0.2, 0.25) is 0 Å². The molecule has 8 aromatic rings. The predicted octanol–water partition coefficient (Wildman–Crippen LogP) is 9.72. The van der Waals surface area contributed by atoms with E-state index in [1.165, 1.54) is 5.56 Å². The molecule has 2 aliphatic rings. The van der Waals surface area contributed by atoms with Gasteiger partial charge in [0.15, 0.2) is 11.3 Å². The number of para-hydroxylation sites is 2. The predicted molar refractivity (Wildman–Crippen MR) is 363 cm³/mol. The molecule has 0 saturated carbocycles. The Morgan fingerprint density at radius 2 is 1.00 bits per heavy atom. The van der Waals surface area contributed by atoms with Crippen molar-refractivity contribution < 1.29 is 24.2 Å². The third-order valence-corrected chi connectivity index (χ3v) is 15.4. The normalized spacial score (nSPS) is 14.3. The number of fused-ring (bicyclic) bond motifs is 2. The summed E-state index contributed by atoms with van der Waals surface area (Å²) in [5, 5.41) is 34.3. The van der Waals surface area contributed by atoms with Crippen LogP contribution in [0.4, 0.5) is 34.6 Å². The molecule has 2 aliphatic heterocycles. The molecule has 91 heavy (non-hydrogen) atoms. The zero-order chi connectivity index (χ0) is 64.8. The van der Waals surface area contributed by atoms with Crippen LogP contribution in [0.25, 0.3) is 11.3 Å². The Balaban J connectivity index is 0.000000209. The number of carboxylic acid groups (broad SMARTS) is 1. The fourth-order valence-electron chi connectivity index (χ4n) is 10.1. The van der Waals surface area contributed by atoms with Crippen molar-refractivity contribution in [2.75, 3.05) is 114 Å². The van der Waals surface area contributed by atoms with E-state index < -0.39 is 5.97 Å². The van der Waals surface area contributed by atoms with Crippen LogP contribution >= 0.6 is 0 Å². The summed E-state index contributed by atoms with van der Waals surface area (Å²) in [5.41, 5.74) is 17.6. The molecule has 0 aliphatic carbocycles. The lowest BCUT2D eigenvalue weighted by molar-refractivity contribution is -0.131. The van der Waals surface area contributed by atoms with Crippen molar-refractivity contribution in [2.45, 2.75) is 104 Å². The lowest BCUT2D eigenvalue weighted by atomic mass is 10.1. The summed E-state index contributed by atoms with van der Waals surface area (Å²) in [6, 6.07) is 33.1. The number of ether oxygens (including phenoxy) is 2. The van der Waals surface area contributed by atoms with Crippen molar-refractivity contribution in [1.82, 2.24) is 58.8 Å². The average molecular weight is 1240 g/mol. The molecule has 23 nitrogen and oxygen atoms in total. The van der Waals surface area contributed by atoms with Gasteiger partial charge in [-0.05, 0) is 138 Å². The van der Waals surface area contributed by atoms with Crippen molar-refractivity contribution in [1.29, 1.82) is 0 Å². The van der Waals surface area contributed by atoms with E-state index in [1.807, 2.05) is 129 Å². The van der Waals surface area contributed by atoms with Crippen LogP contribution in [-0.2, 0) is 35.8 Å². The molecule has 10 rings (SSSR count). The minimum absolute atomic E-state index is 0.0992. The van der Waals surface area contributed by atoms with Gasteiger partial charge < -0.3 is 66.5 Å². The van der Waals surface area contributed by atoms with E-state index in [-0.39, 0.29) is 30.0 Å². The number of likely N-dealkylation sites (N-methyl/N-ethyl adjacent to an activating group) is 2. The van der Waals surface area contributed by atoms with Gasteiger partial charge in [0, 0.05) is 111 Å². The van der Waals surface area contributed by atoms with E-state index in [0.717, 1.165) is 126 Å². The van der Waals surface area contributed by atoms with Gasteiger partial charge in [0.05, 0.1) is 12.4 Å². The van der Waals surface area contributed by atoms with Crippen LogP contribution in [0.3, 0.4) is 0 Å². The topological polar surface area (TPSA) is 258 Å². The Morgan fingerprint density at radius 3 is 1.42 bits per heavy atom. The third-order valence-electron chi connectivity index (χ3n) is 15.4. The maximum atomic E-state index is 12.2. The van der Waals surface area contributed by atoms with Gasteiger partial charge in [-0.15, -0.1) is 0 Å². The molecule has 4 aromatic carbocycles. The summed E-state index contributed by atoms with van der Waals surface area (Å²) in [7, 11) is 12.0. The van der Waals surface area contributed by atoms with E-state index in [2.05, 4.69) is 113 Å². The highest BCUT2D eigenvalue weighted by Gasteiger charge is 2.24. The quantitative estimate of drug-likeness (QED) is 0.0207. The van der Waals surface area contributed by atoms with Gasteiger partial charge in [-0.25, -0.2) is 4.79 Å². The number of anilines is 6. The molecule has 2 saturated heterocycles. The van der Waals surface area contributed by atoms with E-state index >= 15 is 0 Å². The Labute approximate surface area is 535 Å². The van der Waals surface area contributed by atoms with Crippen LogP contribution < -0.4 is 41.8 Å². The number of piperidine rings is 2. The minimum Gasteiger partial charge on any atom is -0.478 e. The minimum atomic E-state index is -0.892. The van der Waals surface area contributed by atoms with Crippen LogP contribution in [0.1, 0.15) is 98.6 Å². The van der Waals surface area contributed by atoms with Crippen LogP contribution in [0.15, 0.2) is 134 Å². The maximum Gasteiger partial charge on any atom is 0.328 e. The molecule has 0 atom stereocenters. The SMILES string of the molecule is CC(C)c1cnn2c(NCc3ccccc3NCc3ccc(N)cc3)nc(OC3CCN(C)CC3)nc12.CC(C)c1cnn2c(NCc3ccccc3NCc3ccc(NC(=O)/C=C/CN(C)C)cc3)nc(OC3CCN(C)CC3)nc12.CN(C)C/C=C/C(=O)O. The maximum absolute atomic E-state index is 12.2.